The van der Waals surface area contributed by atoms with Crippen LogP contribution in [-0.2, 0) is 0 Å². The number of benzene rings is 7. The minimum Gasteiger partial charge on any atom is -0.309 e. The third-order valence-electron chi connectivity index (χ3n) is 10.8. The summed E-state index contributed by atoms with van der Waals surface area (Å²) in [6.07, 6.45) is 0. The lowest BCUT2D eigenvalue weighted by molar-refractivity contribution is 1.18. The first kappa shape index (κ1) is 30.5. The average Bonchev–Trinajstić information content (AvgIpc) is 3.66. The van der Waals surface area contributed by atoms with E-state index in [2.05, 4.69) is 188 Å². The van der Waals surface area contributed by atoms with Gasteiger partial charge in [0.2, 0.25) is 0 Å². The van der Waals surface area contributed by atoms with E-state index in [4.69, 9.17) is 9.97 Å². The van der Waals surface area contributed by atoms with Gasteiger partial charge in [0.1, 0.15) is 8.07 Å². The molecule has 0 amide bonds. The van der Waals surface area contributed by atoms with Crippen molar-refractivity contribution in [2.45, 2.75) is 13.1 Å². The Balaban J connectivity index is 1.20. The normalized spacial score (nSPS) is 13.0. The second-order valence-electron chi connectivity index (χ2n) is 14.2. The van der Waals surface area contributed by atoms with Gasteiger partial charge in [-0.15, -0.1) is 0 Å². The number of aromatic nitrogens is 3. The first-order valence-corrected chi connectivity index (χ1v) is 20.9. The molecule has 4 heteroatoms. The standard InChI is InChI=1S/C48H35N3Si/c1-52(2)44-31-38(25-26-39(44)46-47(52)45(34-19-11-5-12-20-34)49-48(50-46)35-21-13-6-14-22-35)51-42-27-23-36(32-15-7-3-8-16-32)29-40(42)41-30-37(24-28-43(41)51)33-17-9-4-10-18-33/h3-31H,1-2H3. The molecule has 0 bridgehead atoms. The zero-order valence-corrected chi connectivity index (χ0v) is 30.1. The van der Waals surface area contributed by atoms with Crippen LogP contribution in [-0.4, -0.2) is 22.6 Å². The van der Waals surface area contributed by atoms with Crippen LogP contribution in [0.15, 0.2) is 176 Å². The molecular weight excluding hydrogens is 647 g/mol. The highest BCUT2D eigenvalue weighted by molar-refractivity contribution is 7.04. The summed E-state index contributed by atoms with van der Waals surface area (Å²) in [5.41, 5.74) is 14.0. The first-order chi connectivity index (χ1) is 25.5. The van der Waals surface area contributed by atoms with Crippen LogP contribution in [0, 0.1) is 0 Å². The largest absolute Gasteiger partial charge is 0.309 e. The molecule has 0 N–H and O–H groups in total. The van der Waals surface area contributed by atoms with E-state index >= 15 is 0 Å². The molecule has 0 spiro atoms. The fourth-order valence-electron chi connectivity index (χ4n) is 8.22. The van der Waals surface area contributed by atoms with Gasteiger partial charge in [-0.1, -0.05) is 153 Å². The lowest BCUT2D eigenvalue weighted by Gasteiger charge is -2.22. The minimum atomic E-state index is -2.26. The van der Waals surface area contributed by atoms with Crippen LogP contribution < -0.4 is 10.4 Å². The fraction of sp³-hybridized carbons (Fsp3) is 0.0417. The fourth-order valence-corrected chi connectivity index (χ4v) is 11.4. The van der Waals surface area contributed by atoms with Gasteiger partial charge < -0.3 is 4.57 Å². The van der Waals surface area contributed by atoms with Crippen molar-refractivity contribution in [3.8, 4) is 61.8 Å². The highest BCUT2D eigenvalue weighted by Crippen LogP contribution is 2.39. The van der Waals surface area contributed by atoms with Gasteiger partial charge in [0.25, 0.3) is 0 Å². The maximum Gasteiger partial charge on any atom is 0.160 e. The van der Waals surface area contributed by atoms with E-state index in [1.54, 1.807) is 0 Å². The molecule has 10 rings (SSSR count). The second-order valence-corrected chi connectivity index (χ2v) is 18.5. The van der Waals surface area contributed by atoms with Gasteiger partial charge in [-0.3, -0.25) is 0 Å². The van der Waals surface area contributed by atoms with E-state index in [-0.39, 0.29) is 0 Å². The Kier molecular flexibility index (Phi) is 6.95. The van der Waals surface area contributed by atoms with Crippen LogP contribution in [0.2, 0.25) is 13.1 Å². The molecule has 1 aliphatic rings. The number of hydrogen-bond donors (Lipinski definition) is 0. The number of fused-ring (bicyclic) bond motifs is 6. The van der Waals surface area contributed by atoms with E-state index in [0.717, 1.165) is 28.3 Å². The second kappa shape index (κ2) is 11.9. The Morgan fingerprint density at radius 1 is 0.423 bits per heavy atom. The molecule has 0 unspecified atom stereocenters. The topological polar surface area (TPSA) is 30.7 Å². The summed E-state index contributed by atoms with van der Waals surface area (Å²) in [4.78, 5) is 10.6. The number of rotatable bonds is 5. The van der Waals surface area contributed by atoms with Gasteiger partial charge in [-0.2, -0.15) is 0 Å². The summed E-state index contributed by atoms with van der Waals surface area (Å²) in [5.74, 6) is 0.769. The van der Waals surface area contributed by atoms with Crippen LogP contribution in [0.25, 0.3) is 83.6 Å². The van der Waals surface area contributed by atoms with Crippen LogP contribution >= 0.6 is 0 Å². The average molecular weight is 682 g/mol. The molecular formula is C48H35N3Si. The van der Waals surface area contributed by atoms with Crippen molar-refractivity contribution in [1.29, 1.82) is 0 Å². The highest BCUT2D eigenvalue weighted by Gasteiger charge is 2.42. The summed E-state index contributed by atoms with van der Waals surface area (Å²) in [5, 5.41) is 5.21. The summed E-state index contributed by atoms with van der Waals surface area (Å²) in [7, 11) is -2.26. The van der Waals surface area contributed by atoms with Crippen molar-refractivity contribution < 1.29 is 0 Å². The van der Waals surface area contributed by atoms with Gasteiger partial charge in [0, 0.05) is 27.6 Å². The maximum atomic E-state index is 5.33. The van der Waals surface area contributed by atoms with Crippen molar-refractivity contribution in [2.24, 2.45) is 0 Å². The Labute approximate surface area is 304 Å². The smallest absolute Gasteiger partial charge is 0.160 e. The van der Waals surface area contributed by atoms with E-state index in [1.807, 2.05) is 6.07 Å². The van der Waals surface area contributed by atoms with Crippen LogP contribution in [0.5, 0.6) is 0 Å². The molecule has 3 heterocycles. The Morgan fingerprint density at radius 3 is 1.44 bits per heavy atom. The Hall–Kier alpha value is -6.36. The molecule has 7 aromatic carbocycles. The molecule has 0 saturated carbocycles. The lowest BCUT2D eigenvalue weighted by atomic mass is 10.0. The number of nitrogens with zero attached hydrogens (tertiary/aromatic N) is 3. The van der Waals surface area contributed by atoms with Crippen molar-refractivity contribution >= 4 is 40.3 Å². The molecule has 0 atom stereocenters. The molecule has 52 heavy (non-hydrogen) atoms. The van der Waals surface area contributed by atoms with Gasteiger partial charge in [-0.05, 0) is 74.6 Å². The molecule has 3 nitrogen and oxygen atoms in total. The number of hydrogen-bond acceptors (Lipinski definition) is 2. The van der Waals surface area contributed by atoms with Crippen molar-refractivity contribution in [1.82, 2.24) is 14.5 Å². The maximum absolute atomic E-state index is 5.33. The summed E-state index contributed by atoms with van der Waals surface area (Å²) >= 11 is 0. The monoisotopic (exact) mass is 681 g/mol. The van der Waals surface area contributed by atoms with Crippen LogP contribution in [0.3, 0.4) is 0 Å². The molecule has 1 aliphatic heterocycles. The summed E-state index contributed by atoms with van der Waals surface area (Å²) in [6.45, 7) is 4.92. The van der Waals surface area contributed by atoms with Crippen molar-refractivity contribution in [3.05, 3.63) is 176 Å². The molecule has 0 radical (unpaired) electrons. The third kappa shape index (κ3) is 4.79. The molecule has 2 aromatic heterocycles. The van der Waals surface area contributed by atoms with Gasteiger partial charge >= 0.3 is 0 Å². The molecule has 0 fully saturated rings. The molecule has 0 saturated heterocycles. The predicted octanol–water partition coefficient (Wildman–Crippen LogP) is 11.0. The van der Waals surface area contributed by atoms with E-state index in [0.29, 0.717) is 0 Å². The molecule has 246 valence electrons. The van der Waals surface area contributed by atoms with Crippen molar-refractivity contribution in [3.63, 3.8) is 0 Å². The third-order valence-corrected chi connectivity index (χ3v) is 14.3. The summed E-state index contributed by atoms with van der Waals surface area (Å²) < 4.78 is 2.46. The predicted molar refractivity (Wildman–Crippen MR) is 220 cm³/mol. The Bertz CT molecular complexity index is 2690. The first-order valence-electron chi connectivity index (χ1n) is 17.9. The van der Waals surface area contributed by atoms with E-state index in [1.165, 1.54) is 65.7 Å². The van der Waals surface area contributed by atoms with Gasteiger partial charge in [-0.25, -0.2) is 9.97 Å². The zero-order chi connectivity index (χ0) is 34.8. The van der Waals surface area contributed by atoms with Crippen LogP contribution in [0.1, 0.15) is 0 Å². The van der Waals surface area contributed by atoms with Crippen molar-refractivity contribution in [2.75, 3.05) is 0 Å². The quantitative estimate of drug-likeness (QED) is 0.169. The summed E-state index contributed by atoms with van der Waals surface area (Å²) in [6, 6.07) is 63.3. The molecule has 9 aromatic rings. The Morgan fingerprint density at radius 2 is 0.904 bits per heavy atom. The van der Waals surface area contributed by atoms with Gasteiger partial charge in [0.15, 0.2) is 5.82 Å². The van der Waals surface area contributed by atoms with E-state index in [9.17, 15) is 0 Å². The highest BCUT2D eigenvalue weighted by atomic mass is 28.3. The van der Waals surface area contributed by atoms with E-state index < -0.39 is 8.07 Å². The van der Waals surface area contributed by atoms with Crippen LogP contribution in [0.4, 0.5) is 0 Å². The SMILES string of the molecule is C[Si]1(C)c2cc(-n3c4ccc(-c5ccccc5)cc4c4cc(-c5ccccc5)ccc43)ccc2-c2nc(-c3ccccc3)nc(-c3ccccc3)c21. The molecule has 0 aliphatic carbocycles. The lowest BCUT2D eigenvalue weighted by Crippen LogP contribution is -2.50. The zero-order valence-electron chi connectivity index (χ0n) is 29.1. The van der Waals surface area contributed by atoms with Gasteiger partial charge in [0.05, 0.1) is 22.4 Å². The minimum absolute atomic E-state index is 0.769.